The van der Waals surface area contributed by atoms with Gasteiger partial charge in [-0.25, -0.2) is 0 Å². The minimum absolute atomic E-state index is 0.0390. The van der Waals surface area contributed by atoms with Gasteiger partial charge in [0.2, 0.25) is 0 Å². The number of piperazine rings is 1. The van der Waals surface area contributed by atoms with E-state index in [1.165, 1.54) is 16.2 Å². The summed E-state index contributed by atoms with van der Waals surface area (Å²) in [6, 6.07) is 17.8. The van der Waals surface area contributed by atoms with Gasteiger partial charge in [0.1, 0.15) is 17.6 Å². The number of anilines is 2. The van der Waals surface area contributed by atoms with Crippen molar-refractivity contribution in [1.29, 1.82) is 0 Å². The predicted molar refractivity (Wildman–Crippen MR) is 147 cm³/mol. The number of likely N-dealkylation sites (N-methyl/N-ethyl adjacent to an activating group) is 1. The molecule has 1 aromatic heterocycles. The highest BCUT2D eigenvalue weighted by molar-refractivity contribution is 7.10. The number of carbonyl (C=O) groups is 2. The average molecular weight is 518 g/mol. The molecular weight excluding hydrogens is 486 g/mol. The largest absolute Gasteiger partial charge is 0.507 e. The van der Waals surface area contributed by atoms with E-state index in [4.69, 9.17) is 4.74 Å². The minimum atomic E-state index is -0.718. The third-order valence-corrected chi connectivity index (χ3v) is 7.66. The molecule has 3 heterocycles. The predicted octanol–water partition coefficient (Wildman–Crippen LogP) is 4.91. The van der Waals surface area contributed by atoms with Gasteiger partial charge in [-0.1, -0.05) is 18.2 Å². The van der Waals surface area contributed by atoms with Crippen molar-refractivity contribution in [3.63, 3.8) is 0 Å². The quantitative estimate of drug-likeness (QED) is 0.285. The average Bonchev–Trinajstić information content (AvgIpc) is 3.51. The molecule has 8 heteroatoms. The fourth-order valence-corrected chi connectivity index (χ4v) is 5.67. The van der Waals surface area contributed by atoms with Crippen molar-refractivity contribution in [2.24, 2.45) is 0 Å². The molecule has 0 saturated carbocycles. The van der Waals surface area contributed by atoms with Crippen LogP contribution in [0.25, 0.3) is 5.76 Å². The Hall–Kier alpha value is -3.62. The summed E-state index contributed by atoms with van der Waals surface area (Å²) in [7, 11) is 2.12. The second-order valence-electron chi connectivity index (χ2n) is 9.69. The maximum absolute atomic E-state index is 13.4. The molecule has 5 rings (SSSR count). The Labute approximate surface area is 221 Å². The van der Waals surface area contributed by atoms with Crippen molar-refractivity contribution < 1.29 is 19.4 Å². The summed E-state index contributed by atoms with van der Waals surface area (Å²) >= 11 is 1.45. The highest BCUT2D eigenvalue weighted by atomic mass is 32.1. The maximum atomic E-state index is 13.4. The molecule has 1 atom stereocenters. The number of nitrogens with zero attached hydrogens (tertiary/aromatic N) is 3. The number of hydrogen-bond acceptors (Lipinski definition) is 7. The summed E-state index contributed by atoms with van der Waals surface area (Å²) in [5.41, 5.74) is 2.22. The number of hydrogen-bond donors (Lipinski definition) is 1. The first-order valence-corrected chi connectivity index (χ1v) is 13.4. The summed E-state index contributed by atoms with van der Waals surface area (Å²) in [6.45, 7) is 7.72. The summed E-state index contributed by atoms with van der Waals surface area (Å²) < 4.78 is 5.77. The molecule has 0 spiro atoms. The lowest BCUT2D eigenvalue weighted by Crippen LogP contribution is -2.44. The van der Waals surface area contributed by atoms with E-state index in [1.54, 1.807) is 24.3 Å². The van der Waals surface area contributed by atoms with Gasteiger partial charge in [-0.15, -0.1) is 11.3 Å². The van der Waals surface area contributed by atoms with E-state index in [2.05, 4.69) is 16.8 Å². The molecule has 2 aliphatic heterocycles. The third-order valence-electron chi connectivity index (χ3n) is 6.73. The van der Waals surface area contributed by atoms with E-state index in [1.807, 2.05) is 55.6 Å². The first-order valence-electron chi connectivity index (χ1n) is 12.5. The number of Topliss-reactive ketones (excluding diaryl/α,β-unsaturated/α-hetero) is 1. The van der Waals surface area contributed by atoms with E-state index < -0.39 is 17.7 Å². The Bertz CT molecular complexity index is 1310. The Morgan fingerprint density at radius 3 is 2.32 bits per heavy atom. The molecule has 2 aromatic carbocycles. The molecule has 3 aromatic rings. The normalized spacial score (nSPS) is 20.2. The Kier molecular flexibility index (Phi) is 7.04. The third kappa shape index (κ3) is 4.99. The van der Waals surface area contributed by atoms with Crippen LogP contribution in [0.15, 0.2) is 71.6 Å². The van der Waals surface area contributed by atoms with Crippen LogP contribution in [-0.2, 0) is 9.59 Å². The van der Waals surface area contributed by atoms with Gasteiger partial charge in [0.05, 0.1) is 11.7 Å². The van der Waals surface area contributed by atoms with Crippen LogP contribution in [0.4, 0.5) is 11.4 Å². The van der Waals surface area contributed by atoms with Gasteiger partial charge in [0.15, 0.2) is 0 Å². The lowest BCUT2D eigenvalue weighted by molar-refractivity contribution is -0.132. The molecule has 2 saturated heterocycles. The second-order valence-corrected chi connectivity index (χ2v) is 10.7. The number of thiophene rings is 1. The van der Waals surface area contributed by atoms with E-state index >= 15 is 0 Å². The Balaban J connectivity index is 1.53. The van der Waals surface area contributed by atoms with Crippen molar-refractivity contribution in [3.8, 4) is 5.75 Å². The van der Waals surface area contributed by atoms with Crippen LogP contribution in [0.3, 0.4) is 0 Å². The molecule has 1 N–H and O–H groups in total. The van der Waals surface area contributed by atoms with Crippen LogP contribution in [-0.4, -0.2) is 61.0 Å². The van der Waals surface area contributed by atoms with E-state index in [0.717, 1.165) is 36.7 Å². The van der Waals surface area contributed by atoms with Gasteiger partial charge in [-0.3, -0.25) is 14.5 Å². The molecular formula is C29H31N3O4S. The first kappa shape index (κ1) is 25.0. The van der Waals surface area contributed by atoms with Gasteiger partial charge in [-0.05, 0) is 68.7 Å². The second kappa shape index (κ2) is 10.4. The van der Waals surface area contributed by atoms with Gasteiger partial charge >= 0.3 is 0 Å². The highest BCUT2D eigenvalue weighted by Gasteiger charge is 2.47. The molecule has 2 fully saturated rings. The van der Waals surface area contributed by atoms with Gasteiger partial charge < -0.3 is 19.6 Å². The van der Waals surface area contributed by atoms with Crippen LogP contribution in [0.2, 0.25) is 0 Å². The topological polar surface area (TPSA) is 73.3 Å². The number of aliphatic hydroxyl groups excluding tert-OH is 1. The summed E-state index contributed by atoms with van der Waals surface area (Å²) in [5, 5.41) is 13.3. The zero-order valence-corrected chi connectivity index (χ0v) is 22.1. The molecule has 0 aliphatic carbocycles. The molecule has 1 amide bonds. The van der Waals surface area contributed by atoms with Crippen LogP contribution in [0, 0.1) is 0 Å². The minimum Gasteiger partial charge on any atom is -0.507 e. The number of amides is 1. The fraction of sp³-hybridized carbons (Fsp3) is 0.310. The van der Waals surface area contributed by atoms with Gasteiger partial charge in [-0.2, -0.15) is 0 Å². The summed E-state index contributed by atoms with van der Waals surface area (Å²) in [5.74, 6) is -0.973. The number of benzene rings is 2. The molecule has 2 aliphatic rings. The monoisotopic (exact) mass is 517 g/mol. The number of carbonyl (C=O) groups excluding carboxylic acids is 2. The van der Waals surface area contributed by atoms with E-state index in [-0.39, 0.29) is 17.4 Å². The van der Waals surface area contributed by atoms with Gasteiger partial charge in [0.25, 0.3) is 11.7 Å². The summed E-state index contributed by atoms with van der Waals surface area (Å²) in [6.07, 6.45) is -0.0390. The molecule has 0 radical (unpaired) electrons. The number of aliphatic hydroxyl groups is 1. The van der Waals surface area contributed by atoms with Crippen molar-refractivity contribution in [1.82, 2.24) is 4.90 Å². The first-order chi connectivity index (χ1) is 17.8. The molecule has 0 bridgehead atoms. The van der Waals surface area contributed by atoms with E-state index in [0.29, 0.717) is 17.0 Å². The van der Waals surface area contributed by atoms with Crippen molar-refractivity contribution in [2.45, 2.75) is 26.0 Å². The Morgan fingerprint density at radius 2 is 1.68 bits per heavy atom. The molecule has 7 nitrogen and oxygen atoms in total. The van der Waals surface area contributed by atoms with Gasteiger partial charge in [0, 0.05) is 48.0 Å². The molecule has 37 heavy (non-hydrogen) atoms. The smallest absolute Gasteiger partial charge is 0.300 e. The molecule has 192 valence electrons. The highest BCUT2D eigenvalue weighted by Crippen LogP contribution is 2.44. The Morgan fingerprint density at radius 1 is 0.973 bits per heavy atom. The van der Waals surface area contributed by atoms with Crippen LogP contribution >= 0.6 is 11.3 Å². The maximum Gasteiger partial charge on any atom is 0.300 e. The van der Waals surface area contributed by atoms with Crippen LogP contribution < -0.4 is 14.5 Å². The number of rotatable bonds is 6. The lowest BCUT2D eigenvalue weighted by atomic mass is 9.99. The lowest BCUT2D eigenvalue weighted by Gasteiger charge is -2.34. The van der Waals surface area contributed by atoms with Crippen molar-refractivity contribution in [2.75, 3.05) is 43.0 Å². The SMILES string of the molecule is CC(C)Oc1cccc(/C(O)=C2/C(=O)C(=O)N(c3ccc(N4CCN(C)CC4)cc3)C2c2cccs2)c1. The van der Waals surface area contributed by atoms with E-state index in [9.17, 15) is 14.7 Å². The van der Waals surface area contributed by atoms with Crippen molar-refractivity contribution in [3.05, 3.63) is 82.1 Å². The zero-order chi connectivity index (χ0) is 26.1. The van der Waals surface area contributed by atoms with Crippen molar-refractivity contribution >= 4 is 40.2 Å². The number of ether oxygens (including phenoxy) is 1. The zero-order valence-electron chi connectivity index (χ0n) is 21.3. The fourth-order valence-electron chi connectivity index (χ4n) is 4.85. The number of ketones is 1. The molecule has 1 unspecified atom stereocenters. The standard InChI is InChI=1S/C29H31N3O4S/c1-19(2)36-23-7-4-6-20(18-23)27(33)25-26(24-8-5-17-37-24)32(29(35)28(25)34)22-11-9-21(10-12-22)31-15-13-30(3)14-16-31/h4-12,17-19,26,33H,13-16H2,1-3H3/b27-25-. The summed E-state index contributed by atoms with van der Waals surface area (Å²) in [4.78, 5) is 33.7. The van der Waals surface area contributed by atoms with Crippen LogP contribution in [0.1, 0.15) is 30.3 Å². The van der Waals surface area contributed by atoms with Crippen LogP contribution in [0.5, 0.6) is 5.75 Å².